The van der Waals surface area contributed by atoms with Crippen molar-refractivity contribution >= 4 is 22.2 Å². The van der Waals surface area contributed by atoms with Gasteiger partial charge in [-0.25, -0.2) is 13.8 Å². The van der Waals surface area contributed by atoms with Crippen molar-refractivity contribution in [2.75, 3.05) is 6.54 Å². The monoisotopic (exact) mass is 397 g/mol. The van der Waals surface area contributed by atoms with E-state index in [9.17, 15) is 41.4 Å². The summed E-state index contributed by atoms with van der Waals surface area (Å²) in [4.78, 5) is 22.6. The molecule has 0 radical (unpaired) electrons. The van der Waals surface area contributed by atoms with Crippen LogP contribution in [0.2, 0.25) is 0 Å². The Morgan fingerprint density at radius 3 is 2.15 bits per heavy atom. The molecule has 2 rings (SSSR count). The summed E-state index contributed by atoms with van der Waals surface area (Å²) >= 11 is 0. The largest absolute Gasteiger partial charge is 0.478 e. The van der Waals surface area contributed by atoms with Gasteiger partial charge in [-0.15, -0.1) is 0 Å². The number of halogens is 3. The van der Waals surface area contributed by atoms with Crippen LogP contribution in [0.25, 0.3) is 0 Å². The zero-order valence-corrected chi connectivity index (χ0v) is 13.9. The third-order valence-electron chi connectivity index (χ3n) is 3.87. The van der Waals surface area contributed by atoms with Crippen LogP contribution in [-0.4, -0.2) is 47.9 Å². The molecule has 1 aliphatic rings. The molecule has 144 valence electrons. The van der Waals surface area contributed by atoms with E-state index in [-0.39, 0.29) is 13.0 Å². The average Bonchev–Trinajstić information content (AvgIpc) is 2.53. The van der Waals surface area contributed by atoms with Crippen LogP contribution in [0.15, 0.2) is 29.2 Å². The molecule has 1 heterocycles. The number of carbonyl (C=O) groups is 2. The van der Waals surface area contributed by atoms with Gasteiger partial charge in [0.15, 0.2) is 0 Å². The fourth-order valence-corrected chi connectivity index (χ4v) is 3.76. The summed E-state index contributed by atoms with van der Waals surface area (Å²) in [5.41, 5.74) is -3.78. The second kappa shape index (κ2) is 6.76. The van der Waals surface area contributed by atoms with E-state index in [2.05, 4.69) is 0 Å². The first kappa shape index (κ1) is 20.0. The Morgan fingerprint density at radius 2 is 1.69 bits per heavy atom. The number of aliphatic carboxylic acids is 1. The summed E-state index contributed by atoms with van der Waals surface area (Å²) in [7, 11) is -4.85. The fourth-order valence-electron chi connectivity index (χ4n) is 2.59. The molecule has 1 amide bonds. The Morgan fingerprint density at radius 1 is 1.12 bits per heavy atom. The summed E-state index contributed by atoms with van der Waals surface area (Å²) in [6.07, 6.45) is -6.29. The number of likely N-dealkylation sites (tertiary alicyclic amines) is 1. The van der Waals surface area contributed by atoms with Gasteiger partial charge in [0.2, 0.25) is 0 Å². The van der Waals surface area contributed by atoms with Gasteiger partial charge < -0.3 is 10.2 Å². The molecule has 0 bridgehead atoms. The Balaban J connectivity index is 2.41. The maximum absolute atomic E-state index is 12.6. The van der Waals surface area contributed by atoms with Gasteiger partial charge in [0, 0.05) is 13.0 Å². The van der Waals surface area contributed by atoms with Gasteiger partial charge in [0.1, 0.15) is 0 Å². The maximum Gasteiger partial charge on any atom is 0.416 e. The maximum atomic E-state index is 12.6. The number of alkyl halides is 3. The normalized spacial score (nSPS) is 21.4. The van der Waals surface area contributed by atoms with Gasteiger partial charge in [-0.3, -0.25) is 4.90 Å². The highest BCUT2D eigenvalue weighted by Gasteiger charge is 2.53. The number of hydrogen-bond acceptors (Lipinski definition) is 5. The number of carboxylic acid groups (broad SMARTS) is 2. The summed E-state index contributed by atoms with van der Waals surface area (Å²) in [6.45, 7) is -0.260. The SMILES string of the molecule is O=C(O)N1CCCCC1(OS(=O)(=O)c1ccc(C(F)(F)F)cc1)C(=O)O. The molecule has 1 atom stereocenters. The van der Waals surface area contributed by atoms with E-state index < -0.39 is 51.0 Å². The third kappa shape index (κ3) is 3.75. The van der Waals surface area contributed by atoms with Crippen LogP contribution >= 0.6 is 0 Å². The lowest BCUT2D eigenvalue weighted by molar-refractivity contribution is -0.176. The second-order valence-electron chi connectivity index (χ2n) is 5.54. The minimum absolute atomic E-state index is 0.193. The lowest BCUT2D eigenvalue weighted by Gasteiger charge is -2.40. The number of carboxylic acids is 1. The van der Waals surface area contributed by atoms with Gasteiger partial charge >= 0.3 is 18.2 Å². The molecular formula is C14H14F3NO7S. The van der Waals surface area contributed by atoms with Crippen molar-refractivity contribution in [3.63, 3.8) is 0 Å². The minimum Gasteiger partial charge on any atom is -0.478 e. The first-order valence-electron chi connectivity index (χ1n) is 7.27. The van der Waals surface area contributed by atoms with E-state index in [1.165, 1.54) is 0 Å². The molecule has 1 fully saturated rings. The Kier molecular flexibility index (Phi) is 5.19. The molecule has 2 N–H and O–H groups in total. The van der Waals surface area contributed by atoms with Crippen molar-refractivity contribution in [2.45, 2.75) is 36.1 Å². The topological polar surface area (TPSA) is 121 Å². The number of nitrogens with zero attached hydrogens (tertiary/aromatic N) is 1. The summed E-state index contributed by atoms with van der Waals surface area (Å²) in [5.74, 6) is -1.82. The second-order valence-corrected chi connectivity index (χ2v) is 7.09. The molecule has 8 nitrogen and oxygen atoms in total. The molecule has 0 spiro atoms. The van der Waals surface area contributed by atoms with Crippen LogP contribution in [0.5, 0.6) is 0 Å². The highest BCUT2D eigenvalue weighted by atomic mass is 32.2. The Labute approximate surface area is 145 Å². The van der Waals surface area contributed by atoms with Crippen molar-refractivity contribution < 1.29 is 45.6 Å². The van der Waals surface area contributed by atoms with Crippen molar-refractivity contribution in [3.05, 3.63) is 29.8 Å². The Bertz CT molecular complexity index is 807. The predicted octanol–water partition coefficient (Wildman–Crippen LogP) is 2.36. The van der Waals surface area contributed by atoms with Gasteiger partial charge in [-0.2, -0.15) is 21.6 Å². The third-order valence-corrected chi connectivity index (χ3v) is 5.21. The summed E-state index contributed by atoms with van der Waals surface area (Å²) in [5, 5.41) is 18.6. The molecule has 0 aromatic heterocycles. The summed E-state index contributed by atoms with van der Waals surface area (Å²) in [6, 6.07) is 2.22. The quantitative estimate of drug-likeness (QED) is 0.748. The van der Waals surface area contributed by atoms with Crippen LogP contribution < -0.4 is 0 Å². The number of hydrogen-bond donors (Lipinski definition) is 2. The number of amides is 1. The van der Waals surface area contributed by atoms with Crippen LogP contribution in [0, 0.1) is 0 Å². The zero-order chi connectivity index (χ0) is 19.8. The minimum atomic E-state index is -4.85. The molecule has 1 aromatic rings. The van der Waals surface area contributed by atoms with Crippen molar-refractivity contribution in [2.24, 2.45) is 0 Å². The first-order chi connectivity index (χ1) is 11.9. The zero-order valence-electron chi connectivity index (χ0n) is 13.1. The highest BCUT2D eigenvalue weighted by Crippen LogP contribution is 2.35. The van der Waals surface area contributed by atoms with E-state index in [0.29, 0.717) is 35.6 Å². The van der Waals surface area contributed by atoms with Gasteiger partial charge in [-0.05, 0) is 37.1 Å². The Hall–Kier alpha value is -2.34. The smallest absolute Gasteiger partial charge is 0.416 e. The van der Waals surface area contributed by atoms with E-state index in [1.54, 1.807) is 0 Å². The molecule has 1 saturated heterocycles. The van der Waals surface area contributed by atoms with E-state index >= 15 is 0 Å². The molecule has 1 aliphatic heterocycles. The van der Waals surface area contributed by atoms with Crippen LogP contribution in [0.4, 0.5) is 18.0 Å². The molecular weight excluding hydrogens is 383 g/mol. The lowest BCUT2D eigenvalue weighted by atomic mass is 9.99. The molecule has 0 saturated carbocycles. The molecule has 26 heavy (non-hydrogen) atoms. The van der Waals surface area contributed by atoms with Crippen LogP contribution in [0.3, 0.4) is 0 Å². The van der Waals surface area contributed by atoms with Crippen LogP contribution in [0.1, 0.15) is 24.8 Å². The average molecular weight is 397 g/mol. The van der Waals surface area contributed by atoms with Crippen LogP contribution in [-0.2, 0) is 25.3 Å². The lowest BCUT2D eigenvalue weighted by Crippen LogP contribution is -2.61. The van der Waals surface area contributed by atoms with Gasteiger partial charge in [0.25, 0.3) is 15.8 Å². The number of piperidine rings is 1. The van der Waals surface area contributed by atoms with E-state index in [0.717, 1.165) is 0 Å². The van der Waals surface area contributed by atoms with E-state index in [1.807, 2.05) is 0 Å². The predicted molar refractivity (Wildman–Crippen MR) is 78.7 cm³/mol. The number of benzene rings is 1. The number of rotatable bonds is 4. The van der Waals surface area contributed by atoms with Crippen molar-refractivity contribution in [1.82, 2.24) is 4.90 Å². The molecule has 1 unspecified atom stereocenters. The standard InChI is InChI=1S/C14H14F3NO7S/c15-14(16,17)9-3-5-10(6-4-9)26(23,24)25-13(11(19)20)7-1-2-8-18(13)12(21)22/h3-6H,1-2,7-8H2,(H,19,20)(H,21,22). The van der Waals surface area contributed by atoms with Crippen molar-refractivity contribution in [1.29, 1.82) is 0 Å². The first-order valence-corrected chi connectivity index (χ1v) is 8.68. The highest BCUT2D eigenvalue weighted by molar-refractivity contribution is 7.86. The summed E-state index contributed by atoms with van der Waals surface area (Å²) < 4.78 is 67.2. The van der Waals surface area contributed by atoms with Gasteiger partial charge in [-0.1, -0.05) is 0 Å². The molecule has 1 aromatic carbocycles. The van der Waals surface area contributed by atoms with E-state index in [4.69, 9.17) is 4.18 Å². The van der Waals surface area contributed by atoms with Crippen molar-refractivity contribution in [3.8, 4) is 0 Å². The molecule has 12 heteroatoms. The van der Waals surface area contributed by atoms with Gasteiger partial charge in [0.05, 0.1) is 10.5 Å². The molecule has 0 aliphatic carbocycles. The fraction of sp³-hybridized carbons (Fsp3) is 0.429.